The van der Waals surface area contributed by atoms with Crippen LogP contribution in [0, 0.1) is 5.92 Å². The molecule has 1 fully saturated rings. The monoisotopic (exact) mass is 272 g/mol. The minimum Gasteiger partial charge on any atom is -0.480 e. The molecule has 0 bridgehead atoms. The van der Waals surface area contributed by atoms with Gasteiger partial charge in [0.15, 0.2) is 0 Å². The van der Waals surface area contributed by atoms with Crippen LogP contribution in [-0.4, -0.2) is 54.4 Å². The van der Waals surface area contributed by atoms with Crippen molar-refractivity contribution in [2.45, 2.75) is 45.2 Å². The Kier molecular flexibility index (Phi) is 6.08. The van der Waals surface area contributed by atoms with E-state index in [2.05, 4.69) is 5.32 Å². The maximum atomic E-state index is 12.2. The van der Waals surface area contributed by atoms with Crippen LogP contribution in [0.15, 0.2) is 0 Å². The molecule has 2 amide bonds. The highest BCUT2D eigenvalue weighted by molar-refractivity contribution is 5.82. The van der Waals surface area contributed by atoms with Gasteiger partial charge in [-0.05, 0) is 32.1 Å². The first-order chi connectivity index (χ1) is 9.01. The van der Waals surface area contributed by atoms with Gasteiger partial charge in [0.1, 0.15) is 6.04 Å². The molecule has 0 aromatic carbocycles. The van der Waals surface area contributed by atoms with E-state index in [0.29, 0.717) is 25.5 Å². The van der Waals surface area contributed by atoms with Crippen LogP contribution in [-0.2, 0) is 9.53 Å². The van der Waals surface area contributed by atoms with Gasteiger partial charge in [-0.15, -0.1) is 0 Å². The predicted molar refractivity (Wildman–Crippen MR) is 71.0 cm³/mol. The van der Waals surface area contributed by atoms with E-state index in [1.807, 2.05) is 6.92 Å². The van der Waals surface area contributed by atoms with Crippen molar-refractivity contribution in [3.05, 3.63) is 0 Å². The molecular weight excluding hydrogens is 248 g/mol. The molecule has 2 atom stereocenters. The van der Waals surface area contributed by atoms with Crippen molar-refractivity contribution < 1.29 is 19.4 Å². The fourth-order valence-electron chi connectivity index (χ4n) is 2.08. The van der Waals surface area contributed by atoms with Crippen molar-refractivity contribution >= 4 is 12.0 Å². The number of carboxylic acids is 1. The van der Waals surface area contributed by atoms with Crippen LogP contribution in [0.4, 0.5) is 4.79 Å². The summed E-state index contributed by atoms with van der Waals surface area (Å²) in [6, 6.07) is -1.02. The smallest absolute Gasteiger partial charge is 0.326 e. The first kappa shape index (κ1) is 15.8. The Morgan fingerprint density at radius 2 is 2.11 bits per heavy atom. The molecule has 1 rings (SSSR count). The lowest BCUT2D eigenvalue weighted by Gasteiger charge is -2.30. The summed E-state index contributed by atoms with van der Waals surface area (Å²) in [5.74, 6) is -0.464. The molecular formula is C13H24N2O4. The van der Waals surface area contributed by atoms with E-state index in [4.69, 9.17) is 9.84 Å². The zero-order valence-electron chi connectivity index (χ0n) is 11.9. The van der Waals surface area contributed by atoms with Gasteiger partial charge in [-0.3, -0.25) is 0 Å². The summed E-state index contributed by atoms with van der Waals surface area (Å²) >= 11 is 0. The molecule has 6 heteroatoms. The third kappa shape index (κ3) is 4.70. The molecule has 0 aromatic heterocycles. The van der Waals surface area contributed by atoms with Crippen molar-refractivity contribution in [2.24, 2.45) is 5.92 Å². The third-order valence-corrected chi connectivity index (χ3v) is 3.60. The molecule has 0 aliphatic heterocycles. The normalized spacial score (nSPS) is 17.6. The third-order valence-electron chi connectivity index (χ3n) is 3.60. The Morgan fingerprint density at radius 3 is 2.53 bits per heavy atom. The predicted octanol–water partition coefficient (Wildman–Crippen LogP) is 1.31. The summed E-state index contributed by atoms with van der Waals surface area (Å²) < 4.78 is 5.01. The second-order valence-electron chi connectivity index (χ2n) is 5.01. The lowest BCUT2D eigenvalue weighted by molar-refractivity contribution is -0.139. The molecule has 110 valence electrons. The molecule has 0 aromatic rings. The Bertz CT molecular complexity index is 318. The molecule has 1 aliphatic rings. The number of nitrogens with zero attached hydrogens (tertiary/aromatic N) is 1. The van der Waals surface area contributed by atoms with E-state index in [-0.39, 0.29) is 12.1 Å². The van der Waals surface area contributed by atoms with Crippen LogP contribution in [0.25, 0.3) is 0 Å². The minimum absolute atomic E-state index is 0.126. The van der Waals surface area contributed by atoms with Crippen molar-refractivity contribution in [1.29, 1.82) is 0 Å². The van der Waals surface area contributed by atoms with Gasteiger partial charge in [0, 0.05) is 19.7 Å². The Morgan fingerprint density at radius 1 is 1.47 bits per heavy atom. The minimum atomic E-state index is -0.999. The Labute approximate surface area is 114 Å². The Hall–Kier alpha value is -1.30. The average molecular weight is 272 g/mol. The highest BCUT2D eigenvalue weighted by Gasteiger charge is 2.35. The molecule has 6 nitrogen and oxygen atoms in total. The molecule has 0 spiro atoms. The number of ether oxygens (including phenoxy) is 1. The molecule has 0 heterocycles. The summed E-state index contributed by atoms with van der Waals surface area (Å²) in [6.07, 6.45) is 2.64. The fourth-order valence-corrected chi connectivity index (χ4v) is 2.08. The number of amides is 2. The highest BCUT2D eigenvalue weighted by atomic mass is 16.5. The van der Waals surface area contributed by atoms with Crippen LogP contribution in [0.1, 0.15) is 33.1 Å². The van der Waals surface area contributed by atoms with E-state index in [0.717, 1.165) is 12.8 Å². The van der Waals surface area contributed by atoms with E-state index in [1.54, 1.807) is 18.9 Å². The highest BCUT2D eigenvalue weighted by Crippen LogP contribution is 2.35. The molecule has 2 N–H and O–H groups in total. The SMILES string of the molecule is CC[C@@H](NC(=O)N(CCOC)C(C)C1CC1)C(=O)O. The van der Waals surface area contributed by atoms with Crippen molar-refractivity contribution in [1.82, 2.24) is 10.2 Å². The van der Waals surface area contributed by atoms with Gasteiger partial charge in [-0.25, -0.2) is 9.59 Å². The maximum absolute atomic E-state index is 12.2. The number of hydrogen-bond acceptors (Lipinski definition) is 3. The molecule has 1 aliphatic carbocycles. The van der Waals surface area contributed by atoms with E-state index in [9.17, 15) is 9.59 Å². The van der Waals surface area contributed by atoms with Gasteiger partial charge < -0.3 is 20.1 Å². The second kappa shape index (κ2) is 7.33. The van der Waals surface area contributed by atoms with Gasteiger partial charge >= 0.3 is 12.0 Å². The van der Waals surface area contributed by atoms with Gasteiger partial charge in [-0.2, -0.15) is 0 Å². The zero-order valence-corrected chi connectivity index (χ0v) is 11.9. The number of urea groups is 1. The van der Waals surface area contributed by atoms with E-state index >= 15 is 0 Å². The van der Waals surface area contributed by atoms with E-state index in [1.165, 1.54) is 0 Å². The summed E-state index contributed by atoms with van der Waals surface area (Å²) in [7, 11) is 1.59. The molecule has 1 unspecified atom stereocenters. The van der Waals surface area contributed by atoms with Crippen molar-refractivity contribution in [3.63, 3.8) is 0 Å². The average Bonchev–Trinajstić information content (AvgIpc) is 3.19. The number of aliphatic carboxylic acids is 1. The van der Waals surface area contributed by atoms with Gasteiger partial charge in [0.05, 0.1) is 6.61 Å². The van der Waals surface area contributed by atoms with Crippen LogP contribution in [0.3, 0.4) is 0 Å². The summed E-state index contributed by atoms with van der Waals surface area (Å²) in [4.78, 5) is 24.8. The van der Waals surface area contributed by atoms with Crippen molar-refractivity contribution in [3.8, 4) is 0 Å². The van der Waals surface area contributed by atoms with Crippen LogP contribution < -0.4 is 5.32 Å². The maximum Gasteiger partial charge on any atom is 0.326 e. The van der Waals surface area contributed by atoms with Crippen molar-refractivity contribution in [2.75, 3.05) is 20.3 Å². The van der Waals surface area contributed by atoms with Gasteiger partial charge in [0.25, 0.3) is 0 Å². The number of hydrogen-bond donors (Lipinski definition) is 2. The molecule has 1 saturated carbocycles. The Balaban J connectivity index is 2.61. The molecule has 19 heavy (non-hydrogen) atoms. The number of carbonyl (C=O) groups excluding carboxylic acids is 1. The molecule has 0 saturated heterocycles. The summed E-state index contributed by atoms with van der Waals surface area (Å²) in [5, 5.41) is 11.6. The lowest BCUT2D eigenvalue weighted by Crippen LogP contribution is -2.52. The van der Waals surface area contributed by atoms with Crippen LogP contribution in [0.5, 0.6) is 0 Å². The second-order valence-corrected chi connectivity index (χ2v) is 5.01. The van der Waals surface area contributed by atoms with Gasteiger partial charge in [-0.1, -0.05) is 6.92 Å². The first-order valence-corrected chi connectivity index (χ1v) is 6.80. The van der Waals surface area contributed by atoms with E-state index < -0.39 is 12.0 Å². The number of carbonyl (C=O) groups is 2. The number of carboxylic acid groups (broad SMARTS) is 1. The first-order valence-electron chi connectivity index (χ1n) is 6.80. The fraction of sp³-hybridized carbons (Fsp3) is 0.846. The standard InChI is InChI=1S/C13H24N2O4/c1-4-11(12(16)17)14-13(18)15(7-8-19-3)9(2)10-5-6-10/h9-11H,4-8H2,1-3H3,(H,14,18)(H,16,17)/t9?,11-/m1/s1. The zero-order chi connectivity index (χ0) is 14.4. The van der Waals surface area contributed by atoms with Gasteiger partial charge in [0.2, 0.25) is 0 Å². The topological polar surface area (TPSA) is 78.9 Å². The quantitative estimate of drug-likeness (QED) is 0.698. The largest absolute Gasteiger partial charge is 0.480 e. The number of nitrogens with one attached hydrogen (secondary N) is 1. The summed E-state index contributed by atoms with van der Waals surface area (Å²) in [5.41, 5.74) is 0. The lowest BCUT2D eigenvalue weighted by atomic mass is 10.2. The summed E-state index contributed by atoms with van der Waals surface area (Å²) in [6.45, 7) is 4.68. The number of rotatable bonds is 8. The van der Waals surface area contributed by atoms with Crippen LogP contribution >= 0.6 is 0 Å². The molecule has 0 radical (unpaired) electrons. The van der Waals surface area contributed by atoms with Crippen LogP contribution in [0.2, 0.25) is 0 Å². The number of methoxy groups -OCH3 is 1.